The van der Waals surface area contributed by atoms with Gasteiger partial charge in [-0.1, -0.05) is 13.8 Å². The van der Waals surface area contributed by atoms with Gasteiger partial charge >= 0.3 is 5.97 Å². The van der Waals surface area contributed by atoms with Crippen LogP contribution in [-0.2, 0) is 19.2 Å². The number of carboxylic acids is 1. The lowest BCUT2D eigenvalue weighted by Gasteiger charge is -2.26. The largest absolute Gasteiger partial charge is 0.480 e. The molecule has 0 radical (unpaired) electrons. The third-order valence-electron chi connectivity index (χ3n) is 5.76. The summed E-state index contributed by atoms with van der Waals surface area (Å²) in [6.07, 6.45) is 2.58. The van der Waals surface area contributed by atoms with Crippen molar-refractivity contribution in [2.75, 3.05) is 19.6 Å². The van der Waals surface area contributed by atoms with E-state index in [1.54, 1.807) is 13.8 Å². The molecule has 1 aliphatic rings. The molecule has 37 heavy (non-hydrogen) atoms. The third kappa shape index (κ3) is 12.3. The molecule has 4 atom stereocenters. The molecule has 0 aliphatic carbocycles. The van der Waals surface area contributed by atoms with Crippen molar-refractivity contribution >= 4 is 35.6 Å². The molecule has 1 aliphatic heterocycles. The fraction of sp³-hybridized carbons (Fsp3) is 0.727. The summed E-state index contributed by atoms with van der Waals surface area (Å²) >= 11 is 0. The highest BCUT2D eigenvalue weighted by molar-refractivity contribution is 5.94. The number of hydrogen-bond acceptors (Lipinski definition) is 7. The monoisotopic (exact) mass is 526 g/mol. The zero-order valence-corrected chi connectivity index (χ0v) is 21.5. The topological polar surface area (TPSA) is 265 Å². The molecule has 1 heterocycles. The maximum absolute atomic E-state index is 13.2. The van der Waals surface area contributed by atoms with Crippen molar-refractivity contribution in [2.24, 2.45) is 38.8 Å². The number of nitrogens with two attached hydrogens (primary N) is 4. The van der Waals surface area contributed by atoms with Crippen LogP contribution in [0.25, 0.3) is 0 Å². The first-order valence-corrected chi connectivity index (χ1v) is 12.4. The van der Waals surface area contributed by atoms with Gasteiger partial charge < -0.3 is 49.3 Å². The predicted octanol–water partition coefficient (Wildman–Crippen LogP) is -2.96. The van der Waals surface area contributed by atoms with Crippen molar-refractivity contribution in [3.05, 3.63) is 0 Å². The Balaban J connectivity index is 3.00. The number of amides is 3. The summed E-state index contributed by atoms with van der Waals surface area (Å²) < 4.78 is 0. The standard InChI is InChI=1S/C22H42N10O5/c1-12(2)16(20(36)37)32-19(35)15(8-5-11-29-22(25)26)31-18(34)14(7-4-10-28-21(23)24)30-17(33)13-6-3-9-27-13/h12-16,27H,3-11H2,1-2H3,(H,30,33)(H,31,34)(H,32,35)(H,36,37)(H4,23,24,28)(H4,25,26,29). The summed E-state index contributed by atoms with van der Waals surface area (Å²) in [6, 6.07) is -3.59. The summed E-state index contributed by atoms with van der Waals surface area (Å²) in [7, 11) is 0. The van der Waals surface area contributed by atoms with Crippen molar-refractivity contribution in [3.63, 3.8) is 0 Å². The summed E-state index contributed by atoms with van der Waals surface area (Å²) in [5.41, 5.74) is 21.4. The SMILES string of the molecule is CC(C)C(NC(=O)C(CCCN=C(N)N)NC(=O)C(CCCN=C(N)N)NC(=O)C1CCCN1)C(=O)O. The Labute approximate surface area is 216 Å². The Hall–Kier alpha value is -3.62. The van der Waals surface area contributed by atoms with Gasteiger partial charge in [0.25, 0.3) is 0 Å². The van der Waals surface area contributed by atoms with E-state index < -0.39 is 42.0 Å². The molecule has 1 saturated heterocycles. The van der Waals surface area contributed by atoms with E-state index in [0.29, 0.717) is 25.8 Å². The van der Waals surface area contributed by atoms with Gasteiger partial charge in [0.05, 0.1) is 6.04 Å². The van der Waals surface area contributed by atoms with Gasteiger partial charge in [0, 0.05) is 13.1 Å². The van der Waals surface area contributed by atoms with Crippen molar-refractivity contribution in [1.82, 2.24) is 21.3 Å². The minimum absolute atomic E-state index is 0.0872. The molecule has 0 aromatic heterocycles. The number of rotatable bonds is 16. The molecule has 0 aromatic rings. The van der Waals surface area contributed by atoms with E-state index in [-0.39, 0.29) is 49.7 Å². The summed E-state index contributed by atoms with van der Waals surface area (Å²) in [4.78, 5) is 58.3. The normalized spacial score (nSPS) is 17.2. The molecule has 1 rings (SSSR count). The molecular weight excluding hydrogens is 484 g/mol. The summed E-state index contributed by atoms with van der Waals surface area (Å²) in [5, 5.41) is 20.4. The molecular formula is C22H42N10O5. The van der Waals surface area contributed by atoms with Gasteiger partial charge in [-0.25, -0.2) is 4.79 Å². The molecule has 1 fully saturated rings. The molecule has 13 N–H and O–H groups in total. The highest BCUT2D eigenvalue weighted by Crippen LogP contribution is 2.09. The van der Waals surface area contributed by atoms with Crippen LogP contribution in [0.2, 0.25) is 0 Å². The Morgan fingerprint density at radius 1 is 0.892 bits per heavy atom. The van der Waals surface area contributed by atoms with Crippen LogP contribution in [-0.4, -0.2) is 84.5 Å². The Kier molecular flexibility index (Phi) is 13.7. The molecule has 3 amide bonds. The van der Waals surface area contributed by atoms with Crippen LogP contribution >= 0.6 is 0 Å². The van der Waals surface area contributed by atoms with Crippen molar-refractivity contribution < 1.29 is 24.3 Å². The van der Waals surface area contributed by atoms with Crippen LogP contribution in [0, 0.1) is 5.92 Å². The number of nitrogens with one attached hydrogen (secondary N) is 4. The average Bonchev–Trinajstić information content (AvgIpc) is 3.35. The van der Waals surface area contributed by atoms with E-state index in [2.05, 4.69) is 31.3 Å². The van der Waals surface area contributed by atoms with Crippen LogP contribution in [0.5, 0.6) is 0 Å². The maximum Gasteiger partial charge on any atom is 0.326 e. The highest BCUT2D eigenvalue weighted by Gasteiger charge is 2.31. The first-order chi connectivity index (χ1) is 17.4. The fourth-order valence-corrected chi connectivity index (χ4v) is 3.77. The average molecular weight is 527 g/mol. The molecule has 0 spiro atoms. The van der Waals surface area contributed by atoms with Gasteiger partial charge in [0.15, 0.2) is 11.9 Å². The van der Waals surface area contributed by atoms with Crippen LogP contribution in [0.1, 0.15) is 52.4 Å². The van der Waals surface area contributed by atoms with Crippen LogP contribution < -0.4 is 44.2 Å². The lowest BCUT2D eigenvalue weighted by atomic mass is 10.0. The van der Waals surface area contributed by atoms with Crippen molar-refractivity contribution in [2.45, 2.75) is 76.5 Å². The number of hydrogen-bond donors (Lipinski definition) is 9. The second kappa shape index (κ2) is 16.2. The van der Waals surface area contributed by atoms with Crippen LogP contribution in [0.3, 0.4) is 0 Å². The van der Waals surface area contributed by atoms with Gasteiger partial charge in [-0.2, -0.15) is 0 Å². The second-order valence-corrected chi connectivity index (χ2v) is 9.24. The minimum Gasteiger partial charge on any atom is -0.480 e. The lowest BCUT2D eigenvalue weighted by molar-refractivity contribution is -0.143. The first-order valence-electron chi connectivity index (χ1n) is 12.4. The zero-order valence-electron chi connectivity index (χ0n) is 21.5. The van der Waals surface area contributed by atoms with E-state index in [0.717, 1.165) is 6.42 Å². The fourth-order valence-electron chi connectivity index (χ4n) is 3.77. The number of carbonyl (C=O) groups excluding carboxylic acids is 3. The highest BCUT2D eigenvalue weighted by atomic mass is 16.4. The molecule has 15 nitrogen and oxygen atoms in total. The van der Waals surface area contributed by atoms with Gasteiger partial charge in [-0.15, -0.1) is 0 Å². The van der Waals surface area contributed by atoms with Crippen LogP contribution in [0.15, 0.2) is 9.98 Å². The van der Waals surface area contributed by atoms with Crippen LogP contribution in [0.4, 0.5) is 0 Å². The van der Waals surface area contributed by atoms with E-state index in [1.165, 1.54) is 0 Å². The van der Waals surface area contributed by atoms with Gasteiger partial charge in [0.1, 0.15) is 18.1 Å². The molecule has 0 saturated carbocycles. The third-order valence-corrected chi connectivity index (χ3v) is 5.76. The van der Waals surface area contributed by atoms with Crippen molar-refractivity contribution in [3.8, 4) is 0 Å². The first kappa shape index (κ1) is 31.4. The van der Waals surface area contributed by atoms with E-state index in [4.69, 9.17) is 22.9 Å². The smallest absolute Gasteiger partial charge is 0.326 e. The number of aliphatic imine (C=N–C) groups is 2. The molecule has 0 aromatic carbocycles. The quantitative estimate of drug-likeness (QED) is 0.0560. The lowest BCUT2D eigenvalue weighted by Crippen LogP contribution is -2.57. The number of aliphatic carboxylic acids is 1. The Bertz CT molecular complexity index is 834. The maximum atomic E-state index is 13.2. The number of guanidine groups is 2. The second-order valence-electron chi connectivity index (χ2n) is 9.24. The van der Waals surface area contributed by atoms with Gasteiger partial charge in [-0.3, -0.25) is 24.4 Å². The minimum atomic E-state index is -1.19. The zero-order chi connectivity index (χ0) is 28.0. The van der Waals surface area contributed by atoms with E-state index in [1.807, 2.05) is 0 Å². The molecule has 0 bridgehead atoms. The molecule has 15 heteroatoms. The predicted molar refractivity (Wildman–Crippen MR) is 139 cm³/mol. The molecule has 210 valence electrons. The van der Waals surface area contributed by atoms with Gasteiger partial charge in [0.2, 0.25) is 17.7 Å². The number of carboxylic acid groups (broad SMARTS) is 1. The Morgan fingerprint density at radius 3 is 1.84 bits per heavy atom. The van der Waals surface area contributed by atoms with E-state index >= 15 is 0 Å². The Morgan fingerprint density at radius 2 is 1.41 bits per heavy atom. The summed E-state index contributed by atoms with van der Waals surface area (Å²) in [6.45, 7) is 4.48. The number of carbonyl (C=O) groups is 4. The summed E-state index contributed by atoms with van der Waals surface area (Å²) in [5.74, 6) is -3.35. The van der Waals surface area contributed by atoms with E-state index in [9.17, 15) is 24.3 Å². The van der Waals surface area contributed by atoms with Crippen molar-refractivity contribution in [1.29, 1.82) is 0 Å². The van der Waals surface area contributed by atoms with Gasteiger partial charge in [-0.05, 0) is 51.0 Å². The number of nitrogens with zero attached hydrogens (tertiary/aromatic N) is 2. The molecule has 4 unspecified atom stereocenters.